The quantitative estimate of drug-likeness (QED) is 0.685. The molecule has 1 aliphatic heterocycles. The summed E-state index contributed by atoms with van der Waals surface area (Å²) in [5.74, 6) is 0.395. The lowest BCUT2D eigenvalue weighted by molar-refractivity contribution is -0.128. The second-order valence-electron chi connectivity index (χ2n) is 4.15. The number of rotatable bonds is 3. The van der Waals surface area contributed by atoms with Crippen molar-refractivity contribution in [3.63, 3.8) is 0 Å². The first-order valence-electron chi connectivity index (χ1n) is 5.57. The Bertz CT molecular complexity index is 241. The summed E-state index contributed by atoms with van der Waals surface area (Å²) >= 11 is 0. The van der Waals surface area contributed by atoms with Gasteiger partial charge in [0, 0.05) is 39.5 Å². The zero-order valence-corrected chi connectivity index (χ0v) is 9.66. The molecular formula is C11H20N2O2. The molecule has 0 aliphatic carbocycles. The molecule has 1 heterocycles. The summed E-state index contributed by atoms with van der Waals surface area (Å²) in [6.45, 7) is 7.62. The third-order valence-electron chi connectivity index (χ3n) is 2.81. The Labute approximate surface area is 91.2 Å². The molecule has 0 N–H and O–H groups in total. The molecule has 0 unspecified atom stereocenters. The maximum absolute atomic E-state index is 11.2. The van der Waals surface area contributed by atoms with Gasteiger partial charge in [0.25, 0.3) is 0 Å². The highest BCUT2D eigenvalue weighted by molar-refractivity contribution is 5.75. The summed E-state index contributed by atoms with van der Waals surface area (Å²) in [5.41, 5.74) is 0. The minimum Gasteiger partial charge on any atom is -0.342 e. The van der Waals surface area contributed by atoms with Gasteiger partial charge >= 0.3 is 0 Å². The first kappa shape index (κ1) is 12.2. The van der Waals surface area contributed by atoms with E-state index in [4.69, 9.17) is 0 Å². The van der Waals surface area contributed by atoms with Gasteiger partial charge in [0.2, 0.25) is 5.91 Å². The predicted molar refractivity (Wildman–Crippen MR) is 58.6 cm³/mol. The maximum atomic E-state index is 11.2. The highest BCUT2D eigenvalue weighted by Crippen LogP contribution is 2.04. The van der Waals surface area contributed by atoms with E-state index in [0.717, 1.165) is 39.1 Å². The normalized spacial score (nSPS) is 18.7. The summed E-state index contributed by atoms with van der Waals surface area (Å²) in [5, 5.41) is 0. The molecule has 0 atom stereocenters. The van der Waals surface area contributed by atoms with E-state index in [1.54, 1.807) is 13.8 Å². The summed E-state index contributed by atoms with van der Waals surface area (Å²) in [6, 6.07) is 0. The van der Waals surface area contributed by atoms with Crippen LogP contribution in [0, 0.1) is 0 Å². The minimum absolute atomic E-state index is 0.156. The summed E-state index contributed by atoms with van der Waals surface area (Å²) < 4.78 is 0. The van der Waals surface area contributed by atoms with E-state index in [1.165, 1.54) is 0 Å². The minimum atomic E-state index is 0.156. The molecule has 1 amide bonds. The Hall–Kier alpha value is -0.900. The van der Waals surface area contributed by atoms with Gasteiger partial charge in [-0.3, -0.25) is 9.59 Å². The van der Waals surface area contributed by atoms with Crippen molar-refractivity contribution in [2.75, 3.05) is 32.7 Å². The van der Waals surface area contributed by atoms with Crippen LogP contribution in [0.5, 0.6) is 0 Å². The topological polar surface area (TPSA) is 40.6 Å². The average Bonchev–Trinajstić information content (AvgIpc) is 2.39. The van der Waals surface area contributed by atoms with Crippen LogP contribution >= 0.6 is 0 Å². The van der Waals surface area contributed by atoms with E-state index in [1.807, 2.05) is 4.90 Å². The largest absolute Gasteiger partial charge is 0.342 e. The molecule has 1 rings (SSSR count). The van der Waals surface area contributed by atoms with Crippen molar-refractivity contribution in [3.8, 4) is 0 Å². The van der Waals surface area contributed by atoms with Crippen LogP contribution < -0.4 is 0 Å². The fraction of sp³-hybridized carbons (Fsp3) is 0.818. The second-order valence-corrected chi connectivity index (χ2v) is 4.15. The van der Waals surface area contributed by atoms with Gasteiger partial charge in [-0.25, -0.2) is 0 Å². The van der Waals surface area contributed by atoms with Gasteiger partial charge in [0.05, 0.1) is 0 Å². The molecule has 1 aliphatic rings. The number of Topliss-reactive ketones (excluding diaryl/α,β-unsaturated/α-hetero) is 1. The van der Waals surface area contributed by atoms with Crippen LogP contribution in [0.4, 0.5) is 0 Å². The zero-order valence-electron chi connectivity index (χ0n) is 9.66. The average molecular weight is 212 g/mol. The summed E-state index contributed by atoms with van der Waals surface area (Å²) in [7, 11) is 0. The van der Waals surface area contributed by atoms with Crippen molar-refractivity contribution in [3.05, 3.63) is 0 Å². The molecule has 1 saturated heterocycles. The summed E-state index contributed by atoms with van der Waals surface area (Å²) in [4.78, 5) is 26.2. The SMILES string of the molecule is CC(=O)CCN1CCCN(C(C)=O)CC1. The molecule has 4 heteroatoms. The molecule has 0 bridgehead atoms. The molecular weight excluding hydrogens is 192 g/mol. The molecule has 0 aromatic heterocycles. The lowest BCUT2D eigenvalue weighted by atomic mass is 10.3. The third-order valence-corrected chi connectivity index (χ3v) is 2.81. The van der Waals surface area contributed by atoms with E-state index in [9.17, 15) is 9.59 Å². The van der Waals surface area contributed by atoms with E-state index in [-0.39, 0.29) is 11.7 Å². The fourth-order valence-electron chi connectivity index (χ4n) is 1.82. The van der Waals surface area contributed by atoms with Gasteiger partial charge in [-0.15, -0.1) is 0 Å². The van der Waals surface area contributed by atoms with Crippen LogP contribution in [-0.2, 0) is 9.59 Å². The first-order valence-corrected chi connectivity index (χ1v) is 5.57. The number of hydrogen-bond donors (Lipinski definition) is 0. The van der Waals surface area contributed by atoms with Crippen molar-refractivity contribution in [2.24, 2.45) is 0 Å². The molecule has 1 fully saturated rings. The van der Waals surface area contributed by atoms with Gasteiger partial charge in [0.1, 0.15) is 5.78 Å². The van der Waals surface area contributed by atoms with E-state index in [0.29, 0.717) is 6.42 Å². The smallest absolute Gasteiger partial charge is 0.219 e. The van der Waals surface area contributed by atoms with Gasteiger partial charge in [0.15, 0.2) is 0 Å². The number of amides is 1. The molecule has 15 heavy (non-hydrogen) atoms. The standard InChI is InChI=1S/C11H20N2O2/c1-10(14)4-7-12-5-3-6-13(9-8-12)11(2)15/h3-9H2,1-2H3. The van der Waals surface area contributed by atoms with Crippen LogP contribution in [0.15, 0.2) is 0 Å². The number of ketones is 1. The Balaban J connectivity index is 2.32. The van der Waals surface area contributed by atoms with Crippen LogP contribution in [0.2, 0.25) is 0 Å². The highest BCUT2D eigenvalue weighted by atomic mass is 16.2. The molecule has 0 radical (unpaired) electrons. The number of nitrogens with zero attached hydrogens (tertiary/aromatic N) is 2. The second kappa shape index (κ2) is 5.85. The lowest BCUT2D eigenvalue weighted by Gasteiger charge is -2.20. The molecule has 4 nitrogen and oxygen atoms in total. The highest BCUT2D eigenvalue weighted by Gasteiger charge is 2.16. The zero-order chi connectivity index (χ0) is 11.3. The monoisotopic (exact) mass is 212 g/mol. The Morgan fingerprint density at radius 1 is 1.07 bits per heavy atom. The van der Waals surface area contributed by atoms with Crippen LogP contribution in [0.3, 0.4) is 0 Å². The number of carbonyl (C=O) groups is 2. The molecule has 0 spiro atoms. The van der Waals surface area contributed by atoms with Crippen molar-refractivity contribution >= 4 is 11.7 Å². The molecule has 0 aromatic carbocycles. The first-order chi connectivity index (χ1) is 7.09. The fourth-order valence-corrected chi connectivity index (χ4v) is 1.82. The summed E-state index contributed by atoms with van der Waals surface area (Å²) in [6.07, 6.45) is 1.64. The van der Waals surface area contributed by atoms with Gasteiger partial charge in [-0.1, -0.05) is 0 Å². The van der Waals surface area contributed by atoms with Crippen molar-refractivity contribution in [1.82, 2.24) is 9.80 Å². The number of carbonyl (C=O) groups excluding carboxylic acids is 2. The van der Waals surface area contributed by atoms with Gasteiger partial charge in [-0.2, -0.15) is 0 Å². The van der Waals surface area contributed by atoms with E-state index in [2.05, 4.69) is 4.90 Å². The van der Waals surface area contributed by atoms with Crippen molar-refractivity contribution in [1.29, 1.82) is 0 Å². The van der Waals surface area contributed by atoms with E-state index < -0.39 is 0 Å². The van der Waals surface area contributed by atoms with Crippen molar-refractivity contribution in [2.45, 2.75) is 26.7 Å². The van der Waals surface area contributed by atoms with Crippen LogP contribution in [-0.4, -0.2) is 54.2 Å². The number of hydrogen-bond acceptors (Lipinski definition) is 3. The van der Waals surface area contributed by atoms with E-state index >= 15 is 0 Å². The Kier molecular flexibility index (Phi) is 4.75. The predicted octanol–water partition coefficient (Wildman–Crippen LogP) is 0.520. The molecule has 86 valence electrons. The Morgan fingerprint density at radius 2 is 1.80 bits per heavy atom. The van der Waals surface area contributed by atoms with Crippen LogP contribution in [0.25, 0.3) is 0 Å². The molecule has 0 aromatic rings. The van der Waals surface area contributed by atoms with Gasteiger partial charge < -0.3 is 9.80 Å². The third kappa shape index (κ3) is 4.42. The van der Waals surface area contributed by atoms with Crippen molar-refractivity contribution < 1.29 is 9.59 Å². The van der Waals surface area contributed by atoms with Crippen LogP contribution in [0.1, 0.15) is 26.7 Å². The Morgan fingerprint density at radius 3 is 2.40 bits per heavy atom. The maximum Gasteiger partial charge on any atom is 0.219 e. The molecule has 0 saturated carbocycles. The van der Waals surface area contributed by atoms with Gasteiger partial charge in [-0.05, 0) is 19.9 Å². The lowest BCUT2D eigenvalue weighted by Crippen LogP contribution is -2.34.